The van der Waals surface area contributed by atoms with Crippen molar-refractivity contribution in [3.63, 3.8) is 0 Å². The average molecular weight is 269 g/mol. The van der Waals surface area contributed by atoms with Gasteiger partial charge in [0.25, 0.3) is 0 Å². The number of ketones is 2. The summed E-state index contributed by atoms with van der Waals surface area (Å²) >= 11 is 0. The normalized spacial score (nSPS) is 14.1. The number of unbranched alkanes of at least 4 members (excludes halogenated alkanes) is 3. The number of hydrogen-bond acceptors (Lipinski definition) is 3. The minimum absolute atomic E-state index is 0.169. The molecule has 19 heavy (non-hydrogen) atoms. The highest BCUT2D eigenvalue weighted by Crippen LogP contribution is 2.16. The second-order valence-electron chi connectivity index (χ2n) is 5.76. The number of hydrogen-bond donors (Lipinski definition) is 1. The van der Waals surface area contributed by atoms with E-state index in [0.29, 0.717) is 12.2 Å². The average Bonchev–Trinajstić information content (AvgIpc) is 2.38. The first-order valence-electron chi connectivity index (χ1n) is 7.72. The Balaban J connectivity index is 3.59. The second kappa shape index (κ2) is 11.2. The van der Waals surface area contributed by atoms with Crippen LogP contribution in [-0.4, -0.2) is 18.1 Å². The molecule has 0 heterocycles. The fourth-order valence-electron chi connectivity index (χ4n) is 2.13. The quantitative estimate of drug-likeness (QED) is 0.552. The van der Waals surface area contributed by atoms with Gasteiger partial charge in [0, 0.05) is 18.3 Å². The van der Waals surface area contributed by atoms with Crippen LogP contribution in [0.5, 0.6) is 0 Å². The van der Waals surface area contributed by atoms with Crippen LogP contribution in [-0.2, 0) is 9.59 Å². The summed E-state index contributed by atoms with van der Waals surface area (Å²) in [5, 5.41) is 0. The molecule has 0 aromatic carbocycles. The highest BCUT2D eigenvalue weighted by molar-refractivity contribution is 5.80. The van der Waals surface area contributed by atoms with Crippen LogP contribution in [0, 0.1) is 11.8 Å². The summed E-state index contributed by atoms with van der Waals surface area (Å²) in [5.74, 6) is 0.994. The zero-order valence-corrected chi connectivity index (χ0v) is 12.9. The van der Waals surface area contributed by atoms with Crippen molar-refractivity contribution in [1.82, 2.24) is 0 Å². The molecule has 0 aliphatic rings. The summed E-state index contributed by atoms with van der Waals surface area (Å²) in [4.78, 5) is 22.9. The van der Waals surface area contributed by atoms with E-state index in [-0.39, 0.29) is 17.6 Å². The van der Waals surface area contributed by atoms with E-state index in [0.717, 1.165) is 51.5 Å². The molecule has 0 aliphatic heterocycles. The van der Waals surface area contributed by atoms with E-state index in [1.807, 2.05) is 13.8 Å². The first-order chi connectivity index (χ1) is 8.99. The molecule has 0 bridgehead atoms. The molecule has 0 spiro atoms. The van der Waals surface area contributed by atoms with Crippen LogP contribution >= 0.6 is 0 Å². The Morgan fingerprint density at radius 2 is 1.47 bits per heavy atom. The number of carbonyl (C=O) groups is 2. The zero-order valence-electron chi connectivity index (χ0n) is 12.9. The van der Waals surface area contributed by atoms with Crippen molar-refractivity contribution < 1.29 is 9.59 Å². The lowest BCUT2D eigenvalue weighted by Gasteiger charge is -2.11. The molecule has 112 valence electrons. The van der Waals surface area contributed by atoms with Gasteiger partial charge < -0.3 is 5.73 Å². The highest BCUT2D eigenvalue weighted by Gasteiger charge is 2.13. The predicted octanol–water partition coefficient (Wildman–Crippen LogP) is 3.50. The van der Waals surface area contributed by atoms with Gasteiger partial charge in [-0.15, -0.1) is 0 Å². The van der Waals surface area contributed by atoms with Crippen molar-refractivity contribution in [2.24, 2.45) is 17.6 Å². The number of rotatable bonds is 12. The molecule has 3 heteroatoms. The van der Waals surface area contributed by atoms with Gasteiger partial charge in [0.05, 0.1) is 0 Å². The van der Waals surface area contributed by atoms with Crippen LogP contribution in [0.2, 0.25) is 0 Å². The maximum atomic E-state index is 11.9. The van der Waals surface area contributed by atoms with Crippen molar-refractivity contribution >= 4 is 11.6 Å². The van der Waals surface area contributed by atoms with E-state index in [2.05, 4.69) is 0 Å². The first kappa shape index (κ1) is 18.3. The van der Waals surface area contributed by atoms with Gasteiger partial charge in [-0.1, -0.05) is 33.1 Å². The summed E-state index contributed by atoms with van der Waals surface area (Å²) in [7, 11) is 0. The van der Waals surface area contributed by atoms with E-state index in [1.165, 1.54) is 0 Å². The van der Waals surface area contributed by atoms with Gasteiger partial charge in [-0.2, -0.15) is 0 Å². The lowest BCUT2D eigenvalue weighted by molar-refractivity contribution is -0.123. The minimum atomic E-state index is 0.169. The monoisotopic (exact) mass is 269 g/mol. The molecule has 0 amide bonds. The molecule has 0 aromatic rings. The van der Waals surface area contributed by atoms with Crippen molar-refractivity contribution in [1.29, 1.82) is 0 Å². The molecule has 0 saturated heterocycles. The molecule has 0 saturated carbocycles. The summed E-state index contributed by atoms with van der Waals surface area (Å²) in [6.45, 7) is 6.38. The summed E-state index contributed by atoms with van der Waals surface area (Å²) < 4.78 is 0. The SMILES string of the molecule is CC(=O)C(C)CCCCC(C)C(=O)CCCCCN. The smallest absolute Gasteiger partial charge is 0.135 e. The third-order valence-electron chi connectivity index (χ3n) is 3.90. The van der Waals surface area contributed by atoms with Crippen LogP contribution in [0.1, 0.15) is 72.1 Å². The molecule has 0 aromatic heterocycles. The molecule has 3 nitrogen and oxygen atoms in total. The van der Waals surface area contributed by atoms with Crippen molar-refractivity contribution in [3.8, 4) is 0 Å². The van der Waals surface area contributed by atoms with Gasteiger partial charge in [0.2, 0.25) is 0 Å². The fourth-order valence-corrected chi connectivity index (χ4v) is 2.13. The molecule has 0 rings (SSSR count). The molecule has 2 N–H and O–H groups in total. The lowest BCUT2D eigenvalue weighted by atomic mass is 9.93. The van der Waals surface area contributed by atoms with Crippen LogP contribution < -0.4 is 5.73 Å². The second-order valence-corrected chi connectivity index (χ2v) is 5.76. The van der Waals surface area contributed by atoms with Gasteiger partial charge in [-0.25, -0.2) is 0 Å². The fraction of sp³-hybridized carbons (Fsp3) is 0.875. The Morgan fingerprint density at radius 3 is 2.00 bits per heavy atom. The molecule has 0 aliphatic carbocycles. The Bertz CT molecular complexity index is 263. The Labute approximate surface area is 118 Å². The molecular formula is C16H31NO2. The summed E-state index contributed by atoms with van der Waals surface area (Å²) in [5.41, 5.74) is 5.42. The van der Waals surface area contributed by atoms with E-state index in [9.17, 15) is 9.59 Å². The van der Waals surface area contributed by atoms with E-state index in [4.69, 9.17) is 5.73 Å². The maximum Gasteiger partial charge on any atom is 0.135 e. The third-order valence-corrected chi connectivity index (χ3v) is 3.90. The first-order valence-corrected chi connectivity index (χ1v) is 7.72. The van der Waals surface area contributed by atoms with Crippen molar-refractivity contribution in [2.75, 3.05) is 6.54 Å². The predicted molar refractivity (Wildman–Crippen MR) is 80.0 cm³/mol. The summed E-state index contributed by atoms with van der Waals surface area (Å²) in [6, 6.07) is 0. The van der Waals surface area contributed by atoms with Gasteiger partial charge in [-0.3, -0.25) is 9.59 Å². The van der Waals surface area contributed by atoms with Gasteiger partial charge in [0.1, 0.15) is 11.6 Å². The number of nitrogens with two attached hydrogens (primary N) is 1. The topological polar surface area (TPSA) is 60.2 Å². The van der Waals surface area contributed by atoms with Crippen LogP contribution in [0.4, 0.5) is 0 Å². The molecular weight excluding hydrogens is 238 g/mol. The van der Waals surface area contributed by atoms with Crippen LogP contribution in [0.25, 0.3) is 0 Å². The Kier molecular flexibility index (Phi) is 10.7. The molecule has 0 radical (unpaired) electrons. The van der Waals surface area contributed by atoms with Crippen molar-refractivity contribution in [2.45, 2.75) is 72.1 Å². The van der Waals surface area contributed by atoms with Crippen LogP contribution in [0.15, 0.2) is 0 Å². The Morgan fingerprint density at radius 1 is 0.895 bits per heavy atom. The van der Waals surface area contributed by atoms with E-state index in [1.54, 1.807) is 6.92 Å². The van der Waals surface area contributed by atoms with Crippen LogP contribution in [0.3, 0.4) is 0 Å². The van der Waals surface area contributed by atoms with Crippen molar-refractivity contribution in [3.05, 3.63) is 0 Å². The third kappa shape index (κ3) is 9.83. The molecule has 2 unspecified atom stereocenters. The van der Waals surface area contributed by atoms with Gasteiger partial charge >= 0.3 is 0 Å². The Hall–Kier alpha value is -0.700. The summed E-state index contributed by atoms with van der Waals surface area (Å²) in [6.07, 6.45) is 7.76. The number of carbonyl (C=O) groups excluding carboxylic acids is 2. The zero-order chi connectivity index (χ0) is 14.7. The van der Waals surface area contributed by atoms with Gasteiger partial charge in [-0.05, 0) is 39.2 Å². The number of Topliss-reactive ketones (excluding diaryl/α,β-unsaturated/α-hetero) is 2. The minimum Gasteiger partial charge on any atom is -0.330 e. The maximum absolute atomic E-state index is 11.9. The van der Waals surface area contributed by atoms with E-state index >= 15 is 0 Å². The van der Waals surface area contributed by atoms with E-state index < -0.39 is 0 Å². The standard InChI is InChI=1S/C16H31NO2/c1-13(15(3)18)9-6-7-10-14(2)16(19)11-5-4-8-12-17/h13-14H,4-12,17H2,1-3H3. The molecule has 0 fully saturated rings. The highest BCUT2D eigenvalue weighted by atomic mass is 16.1. The van der Waals surface area contributed by atoms with Gasteiger partial charge in [0.15, 0.2) is 0 Å². The lowest BCUT2D eigenvalue weighted by Crippen LogP contribution is -2.11. The largest absolute Gasteiger partial charge is 0.330 e. The molecule has 2 atom stereocenters.